The minimum Gasteiger partial charge on any atom is -0.473 e. The number of ether oxygens (including phenoxy) is 2. The van der Waals surface area contributed by atoms with Crippen molar-refractivity contribution in [3.05, 3.63) is 54.7 Å². The molecule has 1 aromatic heterocycles. The summed E-state index contributed by atoms with van der Waals surface area (Å²) in [6.07, 6.45) is -2.62. The molecule has 1 aliphatic heterocycles. The van der Waals surface area contributed by atoms with E-state index in [9.17, 15) is 21.6 Å². The molecule has 2 heterocycles. The van der Waals surface area contributed by atoms with Crippen LogP contribution < -0.4 is 9.47 Å². The van der Waals surface area contributed by atoms with Gasteiger partial charge in [-0.1, -0.05) is 12.1 Å². The molecule has 11 heteroatoms. The highest BCUT2D eigenvalue weighted by Crippen LogP contribution is 2.27. The average molecular weight is 453 g/mol. The Morgan fingerprint density at radius 1 is 0.968 bits per heavy atom. The second kappa shape index (κ2) is 8.31. The van der Waals surface area contributed by atoms with Crippen molar-refractivity contribution in [3.8, 4) is 11.6 Å². The number of hydrogen-bond donors (Lipinski definition) is 0. The van der Waals surface area contributed by atoms with Crippen molar-refractivity contribution in [2.45, 2.75) is 30.2 Å². The number of alkyl halides is 3. The van der Waals surface area contributed by atoms with Gasteiger partial charge in [0.15, 0.2) is 0 Å². The van der Waals surface area contributed by atoms with Crippen molar-refractivity contribution in [3.63, 3.8) is 0 Å². The lowest BCUT2D eigenvalue weighted by Crippen LogP contribution is -2.41. The summed E-state index contributed by atoms with van der Waals surface area (Å²) in [5.41, 5.74) is 1.46. The maximum atomic E-state index is 12.8. The summed E-state index contributed by atoms with van der Waals surface area (Å²) in [6.45, 7) is 0.434. The molecule has 4 rings (SSSR count). The zero-order valence-corrected chi connectivity index (χ0v) is 16.9. The highest BCUT2D eigenvalue weighted by Gasteiger charge is 2.32. The lowest BCUT2D eigenvalue weighted by atomic mass is 10.1. The zero-order chi connectivity index (χ0) is 22.1. The molecule has 0 N–H and O–H groups in total. The number of aromatic nitrogens is 2. The third-order valence-electron chi connectivity index (χ3n) is 4.81. The molecule has 31 heavy (non-hydrogen) atoms. The van der Waals surface area contributed by atoms with Crippen LogP contribution in [0.2, 0.25) is 0 Å². The topological polar surface area (TPSA) is 81.6 Å². The highest BCUT2D eigenvalue weighted by molar-refractivity contribution is 7.89. The molecule has 164 valence electrons. The number of para-hydroxylation sites is 2. The Morgan fingerprint density at radius 2 is 1.61 bits per heavy atom. The predicted molar refractivity (Wildman–Crippen MR) is 105 cm³/mol. The minimum atomic E-state index is -4.84. The summed E-state index contributed by atoms with van der Waals surface area (Å²) in [4.78, 5) is 8.61. The molecule has 3 aromatic rings. The molecule has 2 aromatic carbocycles. The molecule has 0 aliphatic carbocycles. The van der Waals surface area contributed by atoms with Crippen LogP contribution in [0.4, 0.5) is 13.2 Å². The second-order valence-corrected chi connectivity index (χ2v) is 8.88. The molecule has 0 bridgehead atoms. The highest BCUT2D eigenvalue weighted by atomic mass is 32.2. The Hall–Kier alpha value is -2.92. The smallest absolute Gasteiger partial charge is 0.473 e. The van der Waals surface area contributed by atoms with E-state index in [0.717, 1.165) is 29.8 Å². The van der Waals surface area contributed by atoms with Crippen molar-refractivity contribution in [1.82, 2.24) is 14.3 Å². The van der Waals surface area contributed by atoms with Crippen LogP contribution >= 0.6 is 0 Å². The Bertz CT molecular complexity index is 1160. The van der Waals surface area contributed by atoms with Gasteiger partial charge >= 0.3 is 6.36 Å². The second-order valence-electron chi connectivity index (χ2n) is 6.94. The van der Waals surface area contributed by atoms with Crippen LogP contribution in [0, 0.1) is 0 Å². The Kier molecular flexibility index (Phi) is 5.71. The van der Waals surface area contributed by atoms with Gasteiger partial charge in [0.1, 0.15) is 11.9 Å². The van der Waals surface area contributed by atoms with Gasteiger partial charge in [-0.05, 0) is 49.2 Å². The third kappa shape index (κ3) is 5.05. The van der Waals surface area contributed by atoms with Crippen LogP contribution in [-0.4, -0.2) is 48.2 Å². The number of hydrogen-bond acceptors (Lipinski definition) is 6. The first-order valence-corrected chi connectivity index (χ1v) is 10.9. The van der Waals surface area contributed by atoms with Gasteiger partial charge in [-0.2, -0.15) is 4.31 Å². The van der Waals surface area contributed by atoms with Gasteiger partial charge in [0, 0.05) is 13.1 Å². The SMILES string of the molecule is O=S(=O)(c1ccc(OC(F)(F)F)cc1)N1CCC(Oc2cnc3ccccc3n2)CC1. The molecular weight excluding hydrogens is 435 g/mol. The van der Waals surface area contributed by atoms with Crippen molar-refractivity contribution in [1.29, 1.82) is 0 Å². The third-order valence-corrected chi connectivity index (χ3v) is 6.72. The van der Waals surface area contributed by atoms with Crippen LogP contribution in [0.3, 0.4) is 0 Å². The van der Waals surface area contributed by atoms with Crippen molar-refractivity contribution in [2.75, 3.05) is 13.1 Å². The number of rotatable bonds is 5. The number of benzene rings is 2. The largest absolute Gasteiger partial charge is 0.573 e. The van der Waals surface area contributed by atoms with Crippen LogP contribution in [-0.2, 0) is 10.0 Å². The maximum Gasteiger partial charge on any atom is 0.573 e. The van der Waals surface area contributed by atoms with E-state index in [0.29, 0.717) is 24.2 Å². The zero-order valence-electron chi connectivity index (χ0n) is 16.1. The summed E-state index contributed by atoms with van der Waals surface area (Å²) in [5, 5.41) is 0. The fourth-order valence-corrected chi connectivity index (χ4v) is 4.79. The van der Waals surface area contributed by atoms with Crippen molar-refractivity contribution in [2.24, 2.45) is 0 Å². The van der Waals surface area contributed by atoms with E-state index in [1.165, 1.54) is 10.5 Å². The molecule has 1 saturated heterocycles. The van der Waals surface area contributed by atoms with Gasteiger partial charge < -0.3 is 9.47 Å². The van der Waals surface area contributed by atoms with Gasteiger partial charge in [-0.15, -0.1) is 13.2 Å². The van der Waals surface area contributed by atoms with Gasteiger partial charge in [0.2, 0.25) is 15.9 Å². The number of nitrogens with zero attached hydrogens (tertiary/aromatic N) is 3. The molecule has 7 nitrogen and oxygen atoms in total. The van der Waals surface area contributed by atoms with E-state index in [2.05, 4.69) is 14.7 Å². The summed E-state index contributed by atoms with van der Waals surface area (Å²) >= 11 is 0. The number of piperidine rings is 1. The van der Waals surface area contributed by atoms with Gasteiger partial charge in [0.25, 0.3) is 0 Å². The molecule has 0 spiro atoms. The molecule has 0 amide bonds. The van der Waals surface area contributed by atoms with Crippen molar-refractivity contribution < 1.29 is 31.1 Å². The van der Waals surface area contributed by atoms with E-state index in [1.54, 1.807) is 0 Å². The monoisotopic (exact) mass is 453 g/mol. The van der Waals surface area contributed by atoms with Gasteiger partial charge in [-0.25, -0.2) is 18.4 Å². The Labute approximate surface area is 176 Å². The standard InChI is InChI=1S/C20H18F3N3O4S/c21-20(22,23)30-15-5-7-16(8-6-15)31(27,28)26-11-9-14(10-12-26)29-19-13-24-17-3-1-2-4-18(17)25-19/h1-8,13-14H,9-12H2. The van der Waals surface area contributed by atoms with E-state index in [-0.39, 0.29) is 24.1 Å². The Balaban J connectivity index is 1.38. The van der Waals surface area contributed by atoms with Crippen molar-refractivity contribution >= 4 is 21.1 Å². The molecule has 0 saturated carbocycles. The summed E-state index contributed by atoms with van der Waals surface area (Å²) in [6, 6.07) is 11.6. The van der Waals surface area contributed by atoms with Crippen LogP contribution in [0.25, 0.3) is 11.0 Å². The minimum absolute atomic E-state index is 0.0956. The maximum absolute atomic E-state index is 12.8. The van der Waals surface area contributed by atoms with E-state index < -0.39 is 22.1 Å². The molecule has 0 atom stereocenters. The molecule has 0 radical (unpaired) electrons. The quantitative estimate of drug-likeness (QED) is 0.585. The molecule has 0 unspecified atom stereocenters. The number of halogens is 3. The van der Waals surface area contributed by atoms with Crippen LogP contribution in [0.15, 0.2) is 59.6 Å². The Morgan fingerprint density at radius 3 is 2.26 bits per heavy atom. The van der Waals surface area contributed by atoms with E-state index in [4.69, 9.17) is 4.74 Å². The summed E-state index contributed by atoms with van der Waals surface area (Å²) < 4.78 is 73.3. The van der Waals surface area contributed by atoms with Crippen LogP contribution in [0.1, 0.15) is 12.8 Å². The van der Waals surface area contributed by atoms with Gasteiger partial charge in [-0.3, -0.25) is 0 Å². The molecule has 1 aliphatic rings. The van der Waals surface area contributed by atoms with E-state index >= 15 is 0 Å². The normalized spacial score (nSPS) is 16.4. The summed E-state index contributed by atoms with van der Waals surface area (Å²) in [7, 11) is -3.83. The lowest BCUT2D eigenvalue weighted by molar-refractivity contribution is -0.274. The lowest BCUT2D eigenvalue weighted by Gasteiger charge is -2.31. The first-order valence-electron chi connectivity index (χ1n) is 9.45. The number of sulfonamides is 1. The molecule has 1 fully saturated rings. The molecular formula is C20H18F3N3O4S. The summed E-state index contributed by atoms with van der Waals surface area (Å²) in [5.74, 6) is -0.102. The predicted octanol–water partition coefficient (Wildman–Crippen LogP) is 3.76. The van der Waals surface area contributed by atoms with Gasteiger partial charge in [0.05, 0.1) is 22.1 Å². The average Bonchev–Trinajstić information content (AvgIpc) is 2.73. The number of fused-ring (bicyclic) bond motifs is 1. The fourth-order valence-electron chi connectivity index (χ4n) is 3.32. The van der Waals surface area contributed by atoms with E-state index in [1.807, 2.05) is 24.3 Å². The van der Waals surface area contributed by atoms with Crippen LogP contribution in [0.5, 0.6) is 11.6 Å². The first kappa shape index (κ1) is 21.3. The fraction of sp³-hybridized carbons (Fsp3) is 0.300. The first-order chi connectivity index (χ1) is 14.7.